The summed E-state index contributed by atoms with van der Waals surface area (Å²) in [7, 11) is 0. The van der Waals surface area contributed by atoms with E-state index in [1.54, 1.807) is 6.07 Å². The molecule has 0 aliphatic rings. The molecule has 0 atom stereocenters. The summed E-state index contributed by atoms with van der Waals surface area (Å²) in [5.74, 6) is -0.337. The zero-order chi connectivity index (χ0) is 14.5. The van der Waals surface area contributed by atoms with Gasteiger partial charge in [-0.3, -0.25) is 4.79 Å². The van der Waals surface area contributed by atoms with Crippen molar-refractivity contribution < 1.29 is 18.8 Å². The molecule has 0 fully saturated rings. The van der Waals surface area contributed by atoms with Crippen LogP contribution in [0, 0.1) is 5.82 Å². The predicted molar refractivity (Wildman–Crippen MR) is 72.6 cm³/mol. The first kappa shape index (κ1) is 14.6. The summed E-state index contributed by atoms with van der Waals surface area (Å²) in [5, 5.41) is 12.4. The third-order valence-corrected chi connectivity index (χ3v) is 3.33. The van der Waals surface area contributed by atoms with Gasteiger partial charge in [-0.25, -0.2) is 4.39 Å². The molecule has 0 saturated heterocycles. The summed E-state index contributed by atoms with van der Waals surface area (Å²) in [4.78, 5) is 14.6. The molecule has 1 aromatic heterocycles. The fourth-order valence-corrected chi connectivity index (χ4v) is 2.22. The maximum absolute atomic E-state index is 13.0. The summed E-state index contributed by atoms with van der Waals surface area (Å²) in [5.41, 5.74) is 0.645. The van der Waals surface area contributed by atoms with E-state index in [9.17, 15) is 9.18 Å². The minimum absolute atomic E-state index is 0.129. The number of hydrogen-bond acceptors (Lipinski definition) is 4. The molecule has 0 bridgehead atoms. The van der Waals surface area contributed by atoms with Crippen LogP contribution in [0.2, 0.25) is 0 Å². The Morgan fingerprint density at radius 3 is 2.90 bits per heavy atom. The van der Waals surface area contributed by atoms with Crippen molar-refractivity contribution in [2.75, 3.05) is 0 Å². The summed E-state index contributed by atoms with van der Waals surface area (Å²) in [6.45, 7) is 0. The first-order chi connectivity index (χ1) is 9.56. The van der Waals surface area contributed by atoms with Crippen LogP contribution in [0.15, 0.2) is 27.2 Å². The second-order valence-corrected chi connectivity index (χ2v) is 5.09. The fourth-order valence-electron chi connectivity index (χ4n) is 1.69. The lowest BCUT2D eigenvalue weighted by Gasteiger charge is -1.98. The molecule has 0 amide bonds. The SMILES string of the molecule is O=C(O)CCCCc1nc(-c2ccc(F)cc2Br)no1. The Hall–Kier alpha value is -1.76. The Balaban J connectivity index is 1.99. The summed E-state index contributed by atoms with van der Waals surface area (Å²) < 4.78 is 18.6. The molecule has 2 aromatic rings. The monoisotopic (exact) mass is 342 g/mol. The van der Waals surface area contributed by atoms with Gasteiger partial charge >= 0.3 is 5.97 Å². The van der Waals surface area contributed by atoms with Crippen LogP contribution in [-0.4, -0.2) is 21.2 Å². The van der Waals surface area contributed by atoms with Gasteiger partial charge in [0.25, 0.3) is 0 Å². The first-order valence-electron chi connectivity index (χ1n) is 6.06. The van der Waals surface area contributed by atoms with Gasteiger partial charge in [-0.15, -0.1) is 0 Å². The second-order valence-electron chi connectivity index (χ2n) is 4.24. The van der Waals surface area contributed by atoms with Gasteiger partial charge in [-0.1, -0.05) is 5.16 Å². The van der Waals surface area contributed by atoms with Crippen LogP contribution in [-0.2, 0) is 11.2 Å². The normalized spacial score (nSPS) is 10.7. The van der Waals surface area contributed by atoms with Gasteiger partial charge < -0.3 is 9.63 Å². The molecule has 0 unspecified atom stereocenters. The Morgan fingerprint density at radius 2 is 2.20 bits per heavy atom. The Bertz CT molecular complexity index is 615. The molecule has 0 spiro atoms. The van der Waals surface area contributed by atoms with Gasteiger partial charge in [0.2, 0.25) is 11.7 Å². The van der Waals surface area contributed by atoms with E-state index in [1.165, 1.54) is 12.1 Å². The molecular weight excluding hydrogens is 331 g/mol. The topological polar surface area (TPSA) is 76.2 Å². The van der Waals surface area contributed by atoms with Crippen molar-refractivity contribution in [1.29, 1.82) is 0 Å². The molecule has 1 aromatic carbocycles. The highest BCUT2D eigenvalue weighted by Crippen LogP contribution is 2.26. The molecule has 0 saturated carbocycles. The van der Waals surface area contributed by atoms with E-state index in [-0.39, 0.29) is 12.2 Å². The van der Waals surface area contributed by atoms with Crippen LogP contribution >= 0.6 is 15.9 Å². The molecule has 5 nitrogen and oxygen atoms in total. The van der Waals surface area contributed by atoms with Gasteiger partial charge in [0.1, 0.15) is 5.82 Å². The van der Waals surface area contributed by atoms with Gasteiger partial charge in [0.15, 0.2) is 0 Å². The lowest BCUT2D eigenvalue weighted by atomic mass is 10.2. The van der Waals surface area contributed by atoms with E-state index in [1.807, 2.05) is 0 Å². The smallest absolute Gasteiger partial charge is 0.303 e. The largest absolute Gasteiger partial charge is 0.481 e. The number of carbonyl (C=O) groups is 1. The van der Waals surface area contributed by atoms with Crippen LogP contribution < -0.4 is 0 Å². The van der Waals surface area contributed by atoms with Crippen molar-refractivity contribution in [1.82, 2.24) is 10.1 Å². The number of rotatable bonds is 6. The van der Waals surface area contributed by atoms with E-state index >= 15 is 0 Å². The highest BCUT2D eigenvalue weighted by molar-refractivity contribution is 9.10. The van der Waals surface area contributed by atoms with Crippen molar-refractivity contribution >= 4 is 21.9 Å². The molecule has 0 aliphatic carbocycles. The molecule has 2 rings (SSSR count). The predicted octanol–water partition coefficient (Wildman–Crippen LogP) is 3.44. The number of nitrogens with zero attached hydrogens (tertiary/aromatic N) is 2. The van der Waals surface area contributed by atoms with Crippen molar-refractivity contribution in [3.05, 3.63) is 34.4 Å². The molecule has 0 aliphatic heterocycles. The number of aliphatic carboxylic acids is 1. The number of benzene rings is 1. The maximum Gasteiger partial charge on any atom is 0.303 e. The zero-order valence-electron chi connectivity index (χ0n) is 10.5. The number of unbranched alkanes of at least 4 members (excludes halogenated alkanes) is 1. The minimum atomic E-state index is -0.813. The van der Waals surface area contributed by atoms with Gasteiger partial charge in [-0.2, -0.15) is 4.98 Å². The molecule has 7 heteroatoms. The van der Waals surface area contributed by atoms with Gasteiger partial charge in [0, 0.05) is 22.9 Å². The van der Waals surface area contributed by atoms with E-state index in [2.05, 4.69) is 26.1 Å². The molecular formula is C13H12BrFN2O3. The van der Waals surface area contributed by atoms with Crippen LogP contribution in [0.3, 0.4) is 0 Å². The average molecular weight is 343 g/mol. The summed E-state index contributed by atoms with van der Waals surface area (Å²) >= 11 is 3.25. The summed E-state index contributed by atoms with van der Waals surface area (Å²) in [6, 6.07) is 4.22. The lowest BCUT2D eigenvalue weighted by Crippen LogP contribution is -1.95. The zero-order valence-corrected chi connectivity index (χ0v) is 12.1. The molecule has 1 heterocycles. The van der Waals surface area contributed by atoms with Crippen molar-refractivity contribution in [3.63, 3.8) is 0 Å². The van der Waals surface area contributed by atoms with Crippen LogP contribution in [0.25, 0.3) is 11.4 Å². The fraction of sp³-hybridized carbons (Fsp3) is 0.308. The Labute approximate surface area is 122 Å². The molecule has 106 valence electrons. The van der Waals surface area contributed by atoms with E-state index < -0.39 is 5.97 Å². The summed E-state index contributed by atoms with van der Waals surface area (Å²) in [6.07, 6.45) is 1.88. The van der Waals surface area contributed by atoms with E-state index in [0.717, 1.165) is 0 Å². The minimum Gasteiger partial charge on any atom is -0.481 e. The highest BCUT2D eigenvalue weighted by atomic mass is 79.9. The second kappa shape index (κ2) is 6.60. The average Bonchev–Trinajstić information content (AvgIpc) is 2.83. The van der Waals surface area contributed by atoms with Crippen LogP contribution in [0.1, 0.15) is 25.2 Å². The number of carboxylic acids is 1. The number of halogens is 2. The van der Waals surface area contributed by atoms with Crippen molar-refractivity contribution in [2.24, 2.45) is 0 Å². The van der Waals surface area contributed by atoms with Crippen LogP contribution in [0.5, 0.6) is 0 Å². The molecule has 1 N–H and O–H groups in total. The van der Waals surface area contributed by atoms with Crippen molar-refractivity contribution in [2.45, 2.75) is 25.7 Å². The Morgan fingerprint density at radius 1 is 1.40 bits per heavy atom. The quantitative estimate of drug-likeness (QED) is 0.813. The Kier molecular flexibility index (Phi) is 4.84. The van der Waals surface area contributed by atoms with E-state index in [0.29, 0.717) is 41.0 Å². The standard InChI is InChI=1S/C13H12BrFN2O3/c14-10-7-8(15)5-6-9(10)13-16-11(20-17-13)3-1-2-4-12(18)19/h5-7H,1-4H2,(H,18,19). The van der Waals surface area contributed by atoms with Crippen molar-refractivity contribution in [3.8, 4) is 11.4 Å². The van der Waals surface area contributed by atoms with Crippen LogP contribution in [0.4, 0.5) is 4.39 Å². The van der Waals surface area contributed by atoms with Gasteiger partial charge in [0.05, 0.1) is 0 Å². The number of carboxylic acid groups (broad SMARTS) is 1. The lowest BCUT2D eigenvalue weighted by molar-refractivity contribution is -0.137. The number of hydrogen-bond donors (Lipinski definition) is 1. The number of aromatic nitrogens is 2. The third kappa shape index (κ3) is 3.86. The maximum atomic E-state index is 13.0. The highest BCUT2D eigenvalue weighted by Gasteiger charge is 2.12. The third-order valence-electron chi connectivity index (χ3n) is 2.67. The van der Waals surface area contributed by atoms with E-state index in [4.69, 9.17) is 9.63 Å². The molecule has 20 heavy (non-hydrogen) atoms. The van der Waals surface area contributed by atoms with Gasteiger partial charge in [-0.05, 0) is 47.0 Å². The number of aryl methyl sites for hydroxylation is 1. The molecule has 0 radical (unpaired) electrons. The first-order valence-corrected chi connectivity index (χ1v) is 6.85.